The summed E-state index contributed by atoms with van der Waals surface area (Å²) in [5, 5.41) is 21.8. The van der Waals surface area contributed by atoms with Gasteiger partial charge in [-0.1, -0.05) is 109 Å². The van der Waals surface area contributed by atoms with E-state index in [0.29, 0.717) is 35.9 Å². The number of unbranched alkanes of at least 4 members (excludes halogenated alkanes) is 1. The Hall–Kier alpha value is -4.74. The van der Waals surface area contributed by atoms with E-state index in [-0.39, 0.29) is 37.6 Å². The molecule has 0 aliphatic carbocycles. The van der Waals surface area contributed by atoms with Gasteiger partial charge in [-0.15, -0.1) is 0 Å². The van der Waals surface area contributed by atoms with Gasteiger partial charge in [0.15, 0.2) is 12.1 Å². The van der Waals surface area contributed by atoms with Crippen molar-refractivity contribution in [1.82, 2.24) is 4.98 Å². The second-order valence-corrected chi connectivity index (χ2v) is 12.8. The van der Waals surface area contributed by atoms with Gasteiger partial charge in [-0.3, -0.25) is 9.59 Å². The quantitative estimate of drug-likeness (QED) is 0.0782. The number of ether oxygens (including phenoxy) is 2. The summed E-state index contributed by atoms with van der Waals surface area (Å²) >= 11 is 1.50. The Kier molecular flexibility index (Phi) is 11.6. The van der Waals surface area contributed by atoms with E-state index in [4.69, 9.17) is 24.0 Å². The number of oxazole rings is 1. The van der Waals surface area contributed by atoms with E-state index in [0.717, 1.165) is 39.3 Å². The lowest BCUT2D eigenvalue weighted by Crippen LogP contribution is -2.31. The first-order valence-electron chi connectivity index (χ1n) is 16.3. The van der Waals surface area contributed by atoms with Crippen LogP contribution in [-0.2, 0) is 25.7 Å². The minimum Gasteiger partial charge on any atom is -0.481 e. The minimum atomic E-state index is -0.861. The van der Waals surface area contributed by atoms with E-state index in [1.165, 1.54) is 11.8 Å². The van der Waals surface area contributed by atoms with Gasteiger partial charge in [0.2, 0.25) is 5.91 Å². The third kappa shape index (κ3) is 9.24. The summed E-state index contributed by atoms with van der Waals surface area (Å²) in [6.07, 6.45) is 0.757. The molecule has 49 heavy (non-hydrogen) atoms. The van der Waals surface area contributed by atoms with Crippen molar-refractivity contribution in [2.75, 3.05) is 11.1 Å². The molecular formula is C39H38N2O7S. The smallest absolute Gasteiger partial charge is 0.303 e. The summed E-state index contributed by atoms with van der Waals surface area (Å²) < 4.78 is 19.4. The van der Waals surface area contributed by atoms with Gasteiger partial charge >= 0.3 is 5.97 Å². The number of aromatic nitrogens is 1. The minimum absolute atomic E-state index is 0.0336. The Morgan fingerprint density at radius 1 is 0.796 bits per heavy atom. The van der Waals surface area contributed by atoms with Gasteiger partial charge in [0, 0.05) is 47.4 Å². The highest BCUT2D eigenvalue weighted by molar-refractivity contribution is 7.99. The number of aliphatic carboxylic acids is 1. The monoisotopic (exact) mass is 678 g/mol. The number of benzene rings is 4. The second kappa shape index (κ2) is 16.6. The molecule has 1 aliphatic heterocycles. The fourth-order valence-corrected chi connectivity index (χ4v) is 6.48. The molecule has 0 bridgehead atoms. The van der Waals surface area contributed by atoms with Crippen LogP contribution in [0.1, 0.15) is 61.2 Å². The van der Waals surface area contributed by atoms with Crippen molar-refractivity contribution in [3.05, 3.63) is 126 Å². The largest absolute Gasteiger partial charge is 0.481 e. The molecule has 1 aromatic heterocycles. The third-order valence-electron chi connectivity index (χ3n) is 8.21. The Labute approximate surface area is 289 Å². The van der Waals surface area contributed by atoms with Gasteiger partial charge in [-0.25, -0.2) is 4.98 Å². The van der Waals surface area contributed by atoms with Crippen molar-refractivity contribution in [3.63, 3.8) is 0 Å². The first-order chi connectivity index (χ1) is 23.9. The van der Waals surface area contributed by atoms with Crippen molar-refractivity contribution in [2.24, 2.45) is 0 Å². The molecule has 3 atom stereocenters. The first-order valence-corrected chi connectivity index (χ1v) is 17.3. The molecule has 0 saturated carbocycles. The lowest BCUT2D eigenvalue weighted by atomic mass is 10.0. The van der Waals surface area contributed by atoms with E-state index < -0.39 is 12.3 Å². The fraction of sp³-hybridized carbons (Fsp3) is 0.256. The first kappa shape index (κ1) is 34.1. The number of carbonyl (C=O) groups excluding carboxylic acids is 1. The third-order valence-corrected chi connectivity index (χ3v) is 9.17. The highest BCUT2D eigenvalue weighted by Crippen LogP contribution is 2.41. The van der Waals surface area contributed by atoms with E-state index in [2.05, 4.69) is 5.32 Å². The van der Waals surface area contributed by atoms with Crippen LogP contribution in [0.2, 0.25) is 0 Å². The van der Waals surface area contributed by atoms with Crippen molar-refractivity contribution in [2.45, 2.75) is 62.4 Å². The number of carboxylic acids is 1. The topological polar surface area (TPSA) is 131 Å². The van der Waals surface area contributed by atoms with Gasteiger partial charge in [-0.2, -0.15) is 0 Å². The lowest BCUT2D eigenvalue weighted by molar-refractivity contribution is -0.245. The molecule has 1 amide bonds. The Morgan fingerprint density at radius 3 is 2.12 bits per heavy atom. The molecule has 0 radical (unpaired) electrons. The Balaban J connectivity index is 1.17. The van der Waals surface area contributed by atoms with Crippen LogP contribution < -0.4 is 5.32 Å². The van der Waals surface area contributed by atoms with Crippen molar-refractivity contribution in [1.29, 1.82) is 0 Å². The van der Waals surface area contributed by atoms with E-state index >= 15 is 0 Å². The van der Waals surface area contributed by atoms with E-state index in [1.807, 2.05) is 109 Å². The van der Waals surface area contributed by atoms with E-state index in [1.54, 1.807) is 0 Å². The molecule has 1 saturated heterocycles. The molecule has 3 N–H and O–H groups in total. The zero-order valence-electron chi connectivity index (χ0n) is 26.9. The Bertz CT molecular complexity index is 1760. The average Bonchev–Trinajstić information content (AvgIpc) is 3.58. The van der Waals surface area contributed by atoms with Gasteiger partial charge in [0.1, 0.15) is 5.69 Å². The van der Waals surface area contributed by atoms with Gasteiger partial charge in [0.05, 0.1) is 18.8 Å². The number of aliphatic hydroxyl groups excluding tert-OH is 1. The second-order valence-electron chi connectivity index (χ2n) is 11.8. The highest BCUT2D eigenvalue weighted by atomic mass is 32.2. The molecule has 6 rings (SSSR count). The number of nitrogens with one attached hydrogen (secondary N) is 1. The number of amides is 1. The molecule has 2 heterocycles. The normalized spacial score (nSPS) is 17.4. The zero-order valence-corrected chi connectivity index (χ0v) is 27.7. The number of carbonyl (C=O) groups is 2. The number of anilines is 1. The van der Waals surface area contributed by atoms with Gasteiger partial charge in [0.25, 0.3) is 5.22 Å². The van der Waals surface area contributed by atoms with Crippen LogP contribution in [0.3, 0.4) is 0 Å². The maximum Gasteiger partial charge on any atom is 0.303 e. The van der Waals surface area contributed by atoms with Crippen molar-refractivity contribution >= 4 is 29.3 Å². The summed E-state index contributed by atoms with van der Waals surface area (Å²) in [7, 11) is 0. The summed E-state index contributed by atoms with van der Waals surface area (Å²) in [5.74, 6) is 0.267. The molecular weight excluding hydrogens is 641 g/mol. The lowest BCUT2D eigenvalue weighted by Gasteiger charge is -2.36. The molecule has 1 aliphatic rings. The predicted molar refractivity (Wildman–Crippen MR) is 188 cm³/mol. The predicted octanol–water partition coefficient (Wildman–Crippen LogP) is 8.42. The van der Waals surface area contributed by atoms with Crippen LogP contribution in [0, 0.1) is 0 Å². The Morgan fingerprint density at radius 2 is 1.45 bits per heavy atom. The van der Waals surface area contributed by atoms with Crippen LogP contribution >= 0.6 is 11.8 Å². The molecule has 10 heteroatoms. The zero-order chi connectivity index (χ0) is 34.0. The molecule has 4 aromatic carbocycles. The van der Waals surface area contributed by atoms with Crippen LogP contribution in [-0.4, -0.2) is 38.9 Å². The summed E-state index contributed by atoms with van der Waals surface area (Å²) in [4.78, 5) is 28.0. The van der Waals surface area contributed by atoms with Crippen LogP contribution in [0.4, 0.5) is 5.69 Å². The van der Waals surface area contributed by atoms with Crippen LogP contribution in [0.5, 0.6) is 0 Å². The van der Waals surface area contributed by atoms with E-state index in [9.17, 15) is 14.7 Å². The molecule has 252 valence electrons. The molecule has 0 unspecified atom stereocenters. The highest BCUT2D eigenvalue weighted by Gasteiger charge is 2.33. The summed E-state index contributed by atoms with van der Waals surface area (Å²) in [5.41, 5.74) is 5.97. The number of hydrogen-bond acceptors (Lipinski definition) is 8. The maximum atomic E-state index is 12.4. The summed E-state index contributed by atoms with van der Waals surface area (Å²) in [6, 6.07) is 35.1. The molecule has 5 aromatic rings. The average molecular weight is 679 g/mol. The van der Waals surface area contributed by atoms with Crippen LogP contribution in [0.25, 0.3) is 22.6 Å². The van der Waals surface area contributed by atoms with Crippen LogP contribution in [0.15, 0.2) is 119 Å². The molecule has 1 fully saturated rings. The standard InChI is InChI=1S/C39H38N2O7S/c42-24-26-15-17-27(18-16-26)33-23-32(46-38(47-33)30-19-21-31(22-20-30)40-34(43)13-7-8-14-35(44)45)25-49-39-41-36(28-9-3-1-4-10-28)37(48-39)29-11-5-2-6-12-29/h1-6,9-12,15-22,32-33,38,42H,7-8,13-14,23-25H2,(H,40,43)(H,44,45)/t32-,33+,38+/m1/s1. The summed E-state index contributed by atoms with van der Waals surface area (Å²) in [6.45, 7) is -0.0336. The number of carboxylic acid groups (broad SMARTS) is 1. The SMILES string of the molecule is O=C(O)CCCCC(=O)Nc1ccc([C@H]2O[C@@H](CSc3nc(-c4ccccc4)c(-c4ccccc4)o3)C[C@@H](c3ccc(CO)cc3)O2)cc1. The maximum absolute atomic E-state index is 12.4. The van der Waals surface area contributed by atoms with Crippen molar-refractivity contribution in [3.8, 4) is 22.6 Å². The van der Waals surface area contributed by atoms with Crippen molar-refractivity contribution < 1.29 is 33.7 Å². The molecule has 0 spiro atoms. The number of thioether (sulfide) groups is 1. The number of aliphatic hydroxyl groups is 1. The fourth-order valence-electron chi connectivity index (χ4n) is 5.63. The van der Waals surface area contributed by atoms with Gasteiger partial charge < -0.3 is 29.4 Å². The number of hydrogen-bond donors (Lipinski definition) is 3. The van der Waals surface area contributed by atoms with Gasteiger partial charge in [-0.05, 0) is 36.1 Å². The molecule has 9 nitrogen and oxygen atoms in total. The number of rotatable bonds is 14. The number of nitrogens with zero attached hydrogens (tertiary/aromatic N) is 1.